The largest absolute Gasteiger partial charge is 0.486 e. The van der Waals surface area contributed by atoms with Crippen LogP contribution in [0.1, 0.15) is 11.1 Å². The molecule has 6 heteroatoms. The van der Waals surface area contributed by atoms with Gasteiger partial charge in [-0.15, -0.1) is 0 Å². The number of nitrogens with one attached hydrogen (secondary N) is 1. The molecule has 0 aliphatic carbocycles. The Morgan fingerprint density at radius 1 is 1.08 bits per heavy atom. The summed E-state index contributed by atoms with van der Waals surface area (Å²) in [6.45, 7) is 2.60. The van der Waals surface area contributed by atoms with Gasteiger partial charge < -0.3 is 19.5 Å². The average Bonchev–Trinajstić information content (AvgIpc) is 2.60. The van der Waals surface area contributed by atoms with Crippen molar-refractivity contribution < 1.29 is 23.8 Å². The average molecular weight is 341 g/mol. The number of hydrogen-bond acceptors (Lipinski definition) is 5. The third-order valence-electron chi connectivity index (χ3n) is 3.62. The summed E-state index contributed by atoms with van der Waals surface area (Å²) in [7, 11) is 0. The number of anilines is 1. The third kappa shape index (κ3) is 4.73. The van der Waals surface area contributed by atoms with Crippen LogP contribution in [0.5, 0.6) is 11.5 Å². The smallest absolute Gasteiger partial charge is 0.310 e. The molecule has 1 aliphatic heterocycles. The van der Waals surface area contributed by atoms with E-state index < -0.39 is 11.9 Å². The highest BCUT2D eigenvalue weighted by molar-refractivity contribution is 5.93. The number of carbonyl (C=O) groups is 2. The summed E-state index contributed by atoms with van der Waals surface area (Å²) in [4.78, 5) is 23.8. The Bertz CT molecular complexity index is 787. The van der Waals surface area contributed by atoms with Crippen molar-refractivity contribution in [2.45, 2.75) is 13.3 Å². The molecule has 25 heavy (non-hydrogen) atoms. The van der Waals surface area contributed by atoms with Crippen LogP contribution in [-0.4, -0.2) is 31.7 Å². The van der Waals surface area contributed by atoms with Gasteiger partial charge in [-0.2, -0.15) is 0 Å². The minimum atomic E-state index is -0.442. The molecular formula is C19H19NO5. The summed E-state index contributed by atoms with van der Waals surface area (Å²) in [6.07, 6.45) is 0.138. The Morgan fingerprint density at radius 2 is 1.88 bits per heavy atom. The lowest BCUT2D eigenvalue weighted by molar-refractivity contribution is -0.146. The van der Waals surface area contributed by atoms with Gasteiger partial charge in [0.05, 0.1) is 6.42 Å². The number of ether oxygens (including phenoxy) is 3. The fourth-order valence-electron chi connectivity index (χ4n) is 2.50. The van der Waals surface area contributed by atoms with Crippen LogP contribution >= 0.6 is 0 Å². The van der Waals surface area contributed by atoms with Crippen molar-refractivity contribution in [3.63, 3.8) is 0 Å². The normalized spacial score (nSPS) is 12.4. The molecule has 0 bridgehead atoms. The molecule has 0 spiro atoms. The van der Waals surface area contributed by atoms with Gasteiger partial charge in [0.2, 0.25) is 0 Å². The van der Waals surface area contributed by atoms with Crippen molar-refractivity contribution in [1.29, 1.82) is 0 Å². The van der Waals surface area contributed by atoms with Crippen LogP contribution in [0.4, 0.5) is 5.69 Å². The second-order valence-electron chi connectivity index (χ2n) is 5.73. The van der Waals surface area contributed by atoms with Gasteiger partial charge in [0.1, 0.15) is 13.2 Å². The lowest BCUT2D eigenvalue weighted by Crippen LogP contribution is -2.22. The summed E-state index contributed by atoms with van der Waals surface area (Å²) in [5.74, 6) is 0.381. The summed E-state index contributed by atoms with van der Waals surface area (Å²) in [5, 5.41) is 2.67. The standard InChI is InChI=1S/C19H19NO5/c1-13-3-2-4-14(9-13)10-19(22)25-12-18(21)20-15-5-6-16-17(11-15)24-8-7-23-16/h2-6,9,11H,7-8,10,12H2,1H3,(H,20,21). The molecule has 0 saturated carbocycles. The van der Waals surface area contributed by atoms with Gasteiger partial charge in [0.15, 0.2) is 18.1 Å². The summed E-state index contributed by atoms with van der Waals surface area (Å²) in [6, 6.07) is 12.7. The molecule has 1 N–H and O–H groups in total. The van der Waals surface area contributed by atoms with E-state index in [1.165, 1.54) is 0 Å². The van der Waals surface area contributed by atoms with Gasteiger partial charge in [0.25, 0.3) is 5.91 Å². The quantitative estimate of drug-likeness (QED) is 0.846. The van der Waals surface area contributed by atoms with Gasteiger partial charge >= 0.3 is 5.97 Å². The Labute approximate surface area is 145 Å². The summed E-state index contributed by atoms with van der Waals surface area (Å²) >= 11 is 0. The van der Waals surface area contributed by atoms with Crippen LogP contribution in [-0.2, 0) is 20.7 Å². The molecule has 6 nitrogen and oxygen atoms in total. The Hall–Kier alpha value is -3.02. The molecule has 1 amide bonds. The zero-order chi connectivity index (χ0) is 17.6. The summed E-state index contributed by atoms with van der Waals surface area (Å²) < 4.78 is 15.9. The topological polar surface area (TPSA) is 73.9 Å². The number of esters is 1. The minimum absolute atomic E-state index is 0.138. The second-order valence-corrected chi connectivity index (χ2v) is 5.73. The van der Waals surface area contributed by atoms with Crippen LogP contribution in [0.3, 0.4) is 0 Å². The number of amides is 1. The number of aryl methyl sites for hydroxylation is 1. The maximum atomic E-state index is 11.9. The second kappa shape index (κ2) is 7.70. The van der Waals surface area contributed by atoms with Crippen LogP contribution in [0.25, 0.3) is 0 Å². The molecule has 1 heterocycles. The van der Waals surface area contributed by atoms with E-state index >= 15 is 0 Å². The van der Waals surface area contributed by atoms with Gasteiger partial charge in [-0.25, -0.2) is 0 Å². The Balaban J connectivity index is 1.48. The van der Waals surface area contributed by atoms with Crippen molar-refractivity contribution >= 4 is 17.6 Å². The predicted octanol–water partition coefficient (Wildman–Crippen LogP) is 2.49. The van der Waals surface area contributed by atoms with Crippen LogP contribution in [0, 0.1) is 6.92 Å². The highest BCUT2D eigenvalue weighted by Gasteiger charge is 2.13. The molecule has 2 aromatic carbocycles. The Morgan fingerprint density at radius 3 is 2.68 bits per heavy atom. The van der Waals surface area contributed by atoms with Gasteiger partial charge in [-0.05, 0) is 24.6 Å². The van der Waals surface area contributed by atoms with E-state index in [-0.39, 0.29) is 13.0 Å². The third-order valence-corrected chi connectivity index (χ3v) is 3.62. The van der Waals surface area contributed by atoms with E-state index in [0.29, 0.717) is 30.4 Å². The Kier molecular flexibility index (Phi) is 5.18. The fourth-order valence-corrected chi connectivity index (χ4v) is 2.50. The van der Waals surface area contributed by atoms with Gasteiger partial charge in [-0.1, -0.05) is 29.8 Å². The van der Waals surface area contributed by atoms with E-state index in [0.717, 1.165) is 11.1 Å². The van der Waals surface area contributed by atoms with Crippen LogP contribution < -0.4 is 14.8 Å². The van der Waals surface area contributed by atoms with Gasteiger partial charge in [-0.3, -0.25) is 9.59 Å². The van der Waals surface area contributed by atoms with Crippen LogP contribution in [0.15, 0.2) is 42.5 Å². The number of benzene rings is 2. The fraction of sp³-hybridized carbons (Fsp3) is 0.263. The number of rotatable bonds is 5. The molecule has 0 radical (unpaired) electrons. The highest BCUT2D eigenvalue weighted by Crippen LogP contribution is 2.32. The van der Waals surface area contributed by atoms with Crippen molar-refractivity contribution in [2.75, 3.05) is 25.1 Å². The molecule has 0 unspecified atom stereocenters. The first kappa shape index (κ1) is 16.8. The first-order valence-electron chi connectivity index (χ1n) is 8.01. The molecule has 0 atom stereocenters. The zero-order valence-electron chi connectivity index (χ0n) is 13.9. The predicted molar refractivity (Wildman–Crippen MR) is 91.9 cm³/mol. The maximum Gasteiger partial charge on any atom is 0.310 e. The van der Waals surface area contributed by atoms with E-state index in [4.69, 9.17) is 14.2 Å². The number of carbonyl (C=O) groups excluding carboxylic acids is 2. The van der Waals surface area contributed by atoms with Gasteiger partial charge in [0, 0.05) is 11.8 Å². The molecule has 0 fully saturated rings. The molecule has 3 rings (SSSR count). The number of hydrogen-bond donors (Lipinski definition) is 1. The molecular weight excluding hydrogens is 322 g/mol. The van der Waals surface area contributed by atoms with E-state index in [1.807, 2.05) is 31.2 Å². The lowest BCUT2D eigenvalue weighted by atomic mass is 10.1. The molecule has 2 aromatic rings. The van der Waals surface area contributed by atoms with Crippen molar-refractivity contribution in [2.24, 2.45) is 0 Å². The monoisotopic (exact) mass is 341 g/mol. The van der Waals surface area contributed by atoms with E-state index in [1.54, 1.807) is 18.2 Å². The van der Waals surface area contributed by atoms with Crippen molar-refractivity contribution in [3.05, 3.63) is 53.6 Å². The number of fused-ring (bicyclic) bond motifs is 1. The maximum absolute atomic E-state index is 11.9. The first-order valence-corrected chi connectivity index (χ1v) is 8.01. The zero-order valence-corrected chi connectivity index (χ0v) is 13.9. The molecule has 0 saturated heterocycles. The summed E-state index contributed by atoms with van der Waals surface area (Å²) in [5.41, 5.74) is 2.49. The van der Waals surface area contributed by atoms with Crippen molar-refractivity contribution in [1.82, 2.24) is 0 Å². The molecule has 0 aromatic heterocycles. The molecule has 130 valence electrons. The van der Waals surface area contributed by atoms with E-state index in [9.17, 15) is 9.59 Å². The minimum Gasteiger partial charge on any atom is -0.486 e. The molecule has 1 aliphatic rings. The highest BCUT2D eigenvalue weighted by atomic mass is 16.6. The SMILES string of the molecule is Cc1cccc(CC(=O)OCC(=O)Nc2ccc3c(c2)OCCO3)c1. The van der Waals surface area contributed by atoms with Crippen molar-refractivity contribution in [3.8, 4) is 11.5 Å². The first-order chi connectivity index (χ1) is 12.1. The van der Waals surface area contributed by atoms with Crippen LogP contribution in [0.2, 0.25) is 0 Å². The van der Waals surface area contributed by atoms with E-state index in [2.05, 4.69) is 5.32 Å². The lowest BCUT2D eigenvalue weighted by Gasteiger charge is -2.19.